The van der Waals surface area contributed by atoms with E-state index in [1.807, 2.05) is 0 Å². The lowest BCUT2D eigenvalue weighted by atomic mass is 10.3. The van der Waals surface area contributed by atoms with Gasteiger partial charge in [-0.05, 0) is 13.0 Å². The summed E-state index contributed by atoms with van der Waals surface area (Å²) in [6.07, 6.45) is 1.01. The number of aromatic nitrogens is 1. The summed E-state index contributed by atoms with van der Waals surface area (Å²) in [6.45, 7) is 2.89. The summed E-state index contributed by atoms with van der Waals surface area (Å²) in [4.78, 5) is 14.1. The molecule has 0 N–H and O–H groups in total. The van der Waals surface area contributed by atoms with Crippen LogP contribution in [0.1, 0.15) is 12.5 Å². The maximum Gasteiger partial charge on any atom is 0.309 e. The first-order valence-corrected chi connectivity index (χ1v) is 3.40. The molecule has 0 radical (unpaired) electrons. The molecule has 0 saturated heterocycles. The lowest BCUT2D eigenvalue weighted by molar-refractivity contribution is -0.132. The Morgan fingerprint density at radius 3 is 2.83 bits per heavy atom. The molecular weight excluding hydrogens is 161 g/mol. The minimum absolute atomic E-state index is 0.156. The Bertz CT molecular complexity index is 312. The number of rotatable bonds is 1. The predicted octanol–water partition coefficient (Wildman–Crippen LogP) is 1.45. The molecule has 0 aliphatic heterocycles. The Morgan fingerprint density at radius 1 is 1.67 bits per heavy atom. The van der Waals surface area contributed by atoms with Gasteiger partial charge >= 0.3 is 5.97 Å². The average molecular weight is 169 g/mol. The van der Waals surface area contributed by atoms with Crippen LogP contribution < -0.4 is 4.74 Å². The first-order chi connectivity index (χ1) is 5.59. The van der Waals surface area contributed by atoms with Gasteiger partial charge in [0.25, 0.3) is 0 Å². The second kappa shape index (κ2) is 3.30. The lowest BCUT2D eigenvalue weighted by Gasteiger charge is -2.02. The van der Waals surface area contributed by atoms with Gasteiger partial charge in [0.2, 0.25) is 5.88 Å². The number of nitrogens with zero attached hydrogens (tertiary/aromatic N) is 1. The number of carbonyl (C=O) groups is 1. The van der Waals surface area contributed by atoms with Gasteiger partial charge in [0.15, 0.2) is 0 Å². The predicted molar refractivity (Wildman–Crippen MR) is 40.2 cm³/mol. The standard InChI is InChI=1S/C8H8FNO2/c1-5-3-7(9)4-10-8(5)12-6(2)11/h3-4H,1-2H3. The molecular formula is C8H8FNO2. The molecule has 1 aromatic rings. The Morgan fingerprint density at radius 2 is 2.33 bits per heavy atom. The van der Waals surface area contributed by atoms with E-state index in [0.29, 0.717) is 5.56 Å². The van der Waals surface area contributed by atoms with Crippen LogP contribution in [0.2, 0.25) is 0 Å². The van der Waals surface area contributed by atoms with Crippen molar-refractivity contribution in [1.82, 2.24) is 4.98 Å². The van der Waals surface area contributed by atoms with Crippen molar-refractivity contribution >= 4 is 5.97 Å². The first kappa shape index (κ1) is 8.64. The van der Waals surface area contributed by atoms with E-state index in [9.17, 15) is 9.18 Å². The molecule has 0 aliphatic carbocycles. The van der Waals surface area contributed by atoms with E-state index in [2.05, 4.69) is 9.72 Å². The Labute approximate surface area is 69.2 Å². The molecule has 0 unspecified atom stereocenters. The highest BCUT2D eigenvalue weighted by molar-refractivity contribution is 5.69. The van der Waals surface area contributed by atoms with Crippen LogP contribution >= 0.6 is 0 Å². The van der Waals surface area contributed by atoms with Crippen molar-refractivity contribution in [3.05, 3.63) is 23.6 Å². The van der Waals surface area contributed by atoms with Gasteiger partial charge in [-0.1, -0.05) is 0 Å². The van der Waals surface area contributed by atoms with Crippen molar-refractivity contribution in [2.45, 2.75) is 13.8 Å². The Balaban J connectivity index is 2.93. The number of pyridine rings is 1. The molecule has 3 nitrogen and oxygen atoms in total. The highest BCUT2D eigenvalue weighted by atomic mass is 19.1. The van der Waals surface area contributed by atoms with Gasteiger partial charge in [-0.25, -0.2) is 9.37 Å². The number of hydrogen-bond acceptors (Lipinski definition) is 3. The number of hydrogen-bond donors (Lipinski definition) is 0. The van der Waals surface area contributed by atoms with Crippen molar-refractivity contribution < 1.29 is 13.9 Å². The maximum atomic E-state index is 12.5. The third-order valence-corrected chi connectivity index (χ3v) is 1.24. The molecule has 64 valence electrons. The quantitative estimate of drug-likeness (QED) is 0.597. The van der Waals surface area contributed by atoms with Crippen molar-refractivity contribution in [2.24, 2.45) is 0 Å². The van der Waals surface area contributed by atoms with Crippen molar-refractivity contribution in [3.8, 4) is 5.88 Å². The summed E-state index contributed by atoms with van der Waals surface area (Å²) in [6, 6.07) is 1.26. The molecule has 1 rings (SSSR count). The summed E-state index contributed by atoms with van der Waals surface area (Å²) in [5.74, 6) is -0.746. The molecule has 4 heteroatoms. The zero-order valence-electron chi connectivity index (χ0n) is 6.80. The van der Waals surface area contributed by atoms with E-state index >= 15 is 0 Å². The van der Waals surface area contributed by atoms with Crippen LogP contribution in [0.4, 0.5) is 4.39 Å². The van der Waals surface area contributed by atoms with Crippen molar-refractivity contribution in [2.75, 3.05) is 0 Å². The second-order valence-corrected chi connectivity index (χ2v) is 2.37. The molecule has 0 aliphatic rings. The van der Waals surface area contributed by atoms with Gasteiger partial charge in [-0.15, -0.1) is 0 Å². The van der Waals surface area contributed by atoms with Crippen LogP contribution in [0.25, 0.3) is 0 Å². The molecule has 12 heavy (non-hydrogen) atoms. The summed E-state index contributed by atoms with van der Waals surface area (Å²) in [5.41, 5.74) is 0.505. The lowest BCUT2D eigenvalue weighted by Crippen LogP contribution is -2.04. The first-order valence-electron chi connectivity index (χ1n) is 3.40. The molecule has 0 bridgehead atoms. The summed E-state index contributed by atoms with van der Waals surface area (Å²) < 4.78 is 17.2. The van der Waals surface area contributed by atoms with Crippen LogP contribution in [0, 0.1) is 12.7 Å². The second-order valence-electron chi connectivity index (χ2n) is 2.37. The van der Waals surface area contributed by atoms with E-state index in [4.69, 9.17) is 0 Å². The van der Waals surface area contributed by atoms with E-state index < -0.39 is 11.8 Å². The smallest absolute Gasteiger partial charge is 0.309 e. The number of carbonyl (C=O) groups excluding carboxylic acids is 1. The summed E-state index contributed by atoms with van der Waals surface area (Å²) in [7, 11) is 0. The van der Waals surface area contributed by atoms with E-state index in [1.54, 1.807) is 6.92 Å². The Hall–Kier alpha value is -1.45. The fourth-order valence-corrected chi connectivity index (χ4v) is 0.771. The molecule has 1 aromatic heterocycles. The topological polar surface area (TPSA) is 39.2 Å². The average Bonchev–Trinajstić information content (AvgIpc) is 1.94. The van der Waals surface area contributed by atoms with Crippen LogP contribution in [0.3, 0.4) is 0 Å². The van der Waals surface area contributed by atoms with Crippen LogP contribution in [0.15, 0.2) is 12.3 Å². The fraction of sp³-hybridized carbons (Fsp3) is 0.250. The molecule has 0 saturated carbocycles. The van der Waals surface area contributed by atoms with Gasteiger partial charge in [-0.3, -0.25) is 4.79 Å². The van der Waals surface area contributed by atoms with E-state index in [0.717, 1.165) is 6.20 Å². The highest BCUT2D eigenvalue weighted by Gasteiger charge is 2.04. The zero-order chi connectivity index (χ0) is 9.14. The fourth-order valence-electron chi connectivity index (χ4n) is 0.771. The van der Waals surface area contributed by atoms with E-state index in [1.165, 1.54) is 13.0 Å². The van der Waals surface area contributed by atoms with Crippen LogP contribution in [-0.4, -0.2) is 11.0 Å². The number of aryl methyl sites for hydroxylation is 1. The highest BCUT2D eigenvalue weighted by Crippen LogP contribution is 2.14. The number of esters is 1. The molecule has 0 aromatic carbocycles. The van der Waals surface area contributed by atoms with E-state index in [-0.39, 0.29) is 5.88 Å². The van der Waals surface area contributed by atoms with Crippen molar-refractivity contribution in [1.29, 1.82) is 0 Å². The maximum absolute atomic E-state index is 12.5. The van der Waals surface area contributed by atoms with Gasteiger partial charge in [-0.2, -0.15) is 0 Å². The molecule has 0 atom stereocenters. The molecule has 0 fully saturated rings. The van der Waals surface area contributed by atoms with Gasteiger partial charge < -0.3 is 4.74 Å². The summed E-state index contributed by atoms with van der Waals surface area (Å²) >= 11 is 0. The number of halogens is 1. The Kier molecular flexibility index (Phi) is 2.38. The SMILES string of the molecule is CC(=O)Oc1ncc(F)cc1C. The zero-order valence-corrected chi connectivity index (χ0v) is 6.80. The van der Waals surface area contributed by atoms with Gasteiger partial charge in [0.05, 0.1) is 6.20 Å². The molecule has 1 heterocycles. The van der Waals surface area contributed by atoms with Gasteiger partial charge in [0, 0.05) is 12.5 Å². The monoisotopic (exact) mass is 169 g/mol. The minimum Gasteiger partial charge on any atom is -0.407 e. The largest absolute Gasteiger partial charge is 0.407 e. The molecule has 0 spiro atoms. The molecule has 0 amide bonds. The van der Waals surface area contributed by atoms with Crippen molar-refractivity contribution in [3.63, 3.8) is 0 Å². The summed E-state index contributed by atoms with van der Waals surface area (Å²) in [5, 5.41) is 0. The number of ether oxygens (including phenoxy) is 1. The minimum atomic E-state index is -0.461. The normalized spacial score (nSPS) is 9.58. The van der Waals surface area contributed by atoms with Gasteiger partial charge in [0.1, 0.15) is 5.82 Å². The van der Waals surface area contributed by atoms with Crippen LogP contribution in [-0.2, 0) is 4.79 Å². The van der Waals surface area contributed by atoms with Crippen LogP contribution in [0.5, 0.6) is 5.88 Å². The third-order valence-electron chi connectivity index (χ3n) is 1.24. The third kappa shape index (κ3) is 2.02.